The summed E-state index contributed by atoms with van der Waals surface area (Å²) in [7, 11) is 1.73. The predicted octanol–water partition coefficient (Wildman–Crippen LogP) is 0.367. The van der Waals surface area contributed by atoms with Crippen molar-refractivity contribution >= 4 is 23.5 Å². The number of hydrogen-bond acceptors (Lipinski definition) is 10. The number of aliphatic carboxylic acids is 1. The van der Waals surface area contributed by atoms with E-state index in [1.54, 1.807) is 25.8 Å². The lowest BCUT2D eigenvalue weighted by Crippen LogP contribution is -2.49. The van der Waals surface area contributed by atoms with E-state index in [4.69, 9.17) is 0 Å². The standard InChI is InChI=1S/C21H31N7O6/c1-6-16(20(32)24-14(9-18(30)31)17(29)11-27(5)12(2)3)28-8-7-22-19(21(28)33)23-10-15-13(4)25-34-26-15/h7-8,12,14,16H,6,9-11H2,1-5H3,(H,22,23)(H,24,32)(H,30,31). The van der Waals surface area contributed by atoms with Crippen molar-refractivity contribution in [2.75, 3.05) is 18.9 Å². The number of aromatic nitrogens is 4. The Hall–Kier alpha value is -3.61. The lowest BCUT2D eigenvalue weighted by Gasteiger charge is -2.25. The Morgan fingerprint density at radius 3 is 2.53 bits per heavy atom. The van der Waals surface area contributed by atoms with Crippen molar-refractivity contribution < 1.29 is 24.1 Å². The number of Topliss-reactive ketones (excluding diaryl/α,β-unsaturated/α-hetero) is 1. The van der Waals surface area contributed by atoms with Crippen molar-refractivity contribution in [1.82, 2.24) is 30.1 Å². The molecule has 13 nitrogen and oxygen atoms in total. The lowest BCUT2D eigenvalue weighted by atomic mass is 10.1. The topological polar surface area (TPSA) is 173 Å². The third kappa shape index (κ3) is 6.94. The van der Waals surface area contributed by atoms with Crippen LogP contribution >= 0.6 is 0 Å². The summed E-state index contributed by atoms with van der Waals surface area (Å²) < 4.78 is 5.82. The zero-order chi connectivity index (χ0) is 25.4. The fourth-order valence-electron chi connectivity index (χ4n) is 3.10. The summed E-state index contributed by atoms with van der Waals surface area (Å²) in [6.07, 6.45) is 2.40. The lowest BCUT2D eigenvalue weighted by molar-refractivity contribution is -0.140. The summed E-state index contributed by atoms with van der Waals surface area (Å²) >= 11 is 0. The molecule has 13 heteroatoms. The summed E-state index contributed by atoms with van der Waals surface area (Å²) in [6.45, 7) is 7.32. The number of amides is 1. The van der Waals surface area contributed by atoms with E-state index >= 15 is 0 Å². The molecule has 2 atom stereocenters. The van der Waals surface area contributed by atoms with Gasteiger partial charge in [0.1, 0.15) is 17.4 Å². The van der Waals surface area contributed by atoms with Gasteiger partial charge < -0.3 is 15.7 Å². The first-order chi connectivity index (χ1) is 16.0. The Morgan fingerprint density at radius 2 is 1.97 bits per heavy atom. The number of carboxylic acids is 1. The number of carbonyl (C=O) groups excluding carboxylic acids is 2. The van der Waals surface area contributed by atoms with Crippen molar-refractivity contribution in [2.45, 2.75) is 65.2 Å². The maximum absolute atomic E-state index is 13.0. The summed E-state index contributed by atoms with van der Waals surface area (Å²) in [5, 5.41) is 22.0. The fraction of sp³-hybridized carbons (Fsp3) is 0.571. The molecule has 2 aromatic rings. The molecule has 186 valence electrons. The molecule has 0 saturated carbocycles. The first-order valence-corrected chi connectivity index (χ1v) is 10.9. The number of ketones is 1. The van der Waals surface area contributed by atoms with Crippen LogP contribution in [0.4, 0.5) is 5.82 Å². The van der Waals surface area contributed by atoms with E-state index in [0.29, 0.717) is 11.4 Å². The molecule has 2 heterocycles. The molecular weight excluding hydrogens is 446 g/mol. The molecule has 0 aromatic carbocycles. The number of nitrogens with one attached hydrogen (secondary N) is 2. The van der Waals surface area contributed by atoms with Crippen molar-refractivity contribution in [3.05, 3.63) is 34.1 Å². The van der Waals surface area contributed by atoms with E-state index in [2.05, 4.69) is 30.6 Å². The number of anilines is 1. The van der Waals surface area contributed by atoms with Gasteiger partial charge in [-0.2, -0.15) is 0 Å². The van der Waals surface area contributed by atoms with Crippen molar-refractivity contribution in [2.24, 2.45) is 0 Å². The second-order valence-corrected chi connectivity index (χ2v) is 8.20. The Labute approximate surface area is 196 Å². The fourth-order valence-corrected chi connectivity index (χ4v) is 3.10. The molecule has 0 bridgehead atoms. The largest absolute Gasteiger partial charge is 0.481 e. The maximum atomic E-state index is 13.0. The Bertz CT molecular complexity index is 1060. The summed E-state index contributed by atoms with van der Waals surface area (Å²) in [5.41, 5.74) is 0.508. The summed E-state index contributed by atoms with van der Waals surface area (Å²) in [5.74, 6) is -2.29. The van der Waals surface area contributed by atoms with Crippen LogP contribution in [-0.2, 0) is 20.9 Å². The molecule has 0 aliphatic heterocycles. The number of aryl methyl sites for hydroxylation is 1. The molecule has 0 fully saturated rings. The summed E-state index contributed by atoms with van der Waals surface area (Å²) in [4.78, 5) is 55.8. The maximum Gasteiger partial charge on any atom is 0.305 e. The molecule has 2 aromatic heterocycles. The van der Waals surface area contributed by atoms with Crippen molar-refractivity contribution in [1.29, 1.82) is 0 Å². The second-order valence-electron chi connectivity index (χ2n) is 8.20. The molecule has 0 spiro atoms. The molecule has 0 aliphatic rings. The Morgan fingerprint density at radius 1 is 1.26 bits per heavy atom. The number of nitrogens with zero attached hydrogens (tertiary/aromatic N) is 5. The van der Waals surface area contributed by atoms with Crippen LogP contribution in [0, 0.1) is 6.92 Å². The Kier molecular flexibility index (Phi) is 9.42. The normalized spacial score (nSPS) is 13.0. The van der Waals surface area contributed by atoms with E-state index in [-0.39, 0.29) is 31.4 Å². The highest BCUT2D eigenvalue weighted by molar-refractivity contribution is 5.93. The van der Waals surface area contributed by atoms with Gasteiger partial charge >= 0.3 is 5.97 Å². The SMILES string of the molecule is CCC(C(=O)NC(CC(=O)O)C(=O)CN(C)C(C)C)n1ccnc(NCc2nonc2C)c1=O. The van der Waals surface area contributed by atoms with Crippen LogP contribution in [0.3, 0.4) is 0 Å². The molecule has 1 amide bonds. The van der Waals surface area contributed by atoms with Gasteiger partial charge in [-0.1, -0.05) is 17.2 Å². The highest BCUT2D eigenvalue weighted by Crippen LogP contribution is 2.12. The zero-order valence-electron chi connectivity index (χ0n) is 19.9. The molecule has 0 radical (unpaired) electrons. The third-order valence-corrected chi connectivity index (χ3v) is 5.43. The van der Waals surface area contributed by atoms with E-state index in [1.165, 1.54) is 17.0 Å². The minimum Gasteiger partial charge on any atom is -0.481 e. The quantitative estimate of drug-likeness (QED) is 0.364. The first-order valence-electron chi connectivity index (χ1n) is 10.9. The average molecular weight is 478 g/mol. The van der Waals surface area contributed by atoms with Crippen LogP contribution in [0.5, 0.6) is 0 Å². The minimum atomic E-state index is -1.22. The summed E-state index contributed by atoms with van der Waals surface area (Å²) in [6, 6.07) is -2.14. The van der Waals surface area contributed by atoms with Gasteiger partial charge in [0, 0.05) is 18.4 Å². The van der Waals surface area contributed by atoms with Crippen LogP contribution in [-0.4, -0.2) is 73.2 Å². The van der Waals surface area contributed by atoms with Crippen molar-refractivity contribution in [3.8, 4) is 0 Å². The van der Waals surface area contributed by atoms with Crippen LogP contribution in [0.1, 0.15) is 51.0 Å². The predicted molar refractivity (Wildman–Crippen MR) is 121 cm³/mol. The van der Waals surface area contributed by atoms with E-state index < -0.39 is 41.7 Å². The highest BCUT2D eigenvalue weighted by atomic mass is 16.6. The molecule has 2 unspecified atom stereocenters. The molecule has 3 N–H and O–H groups in total. The van der Waals surface area contributed by atoms with Crippen LogP contribution in [0.25, 0.3) is 0 Å². The van der Waals surface area contributed by atoms with Gasteiger partial charge in [-0.05, 0) is 34.2 Å². The Balaban J connectivity index is 2.20. The molecule has 34 heavy (non-hydrogen) atoms. The van der Waals surface area contributed by atoms with Crippen LogP contribution in [0.2, 0.25) is 0 Å². The van der Waals surface area contributed by atoms with E-state index in [9.17, 15) is 24.3 Å². The number of carbonyl (C=O) groups is 3. The van der Waals surface area contributed by atoms with Gasteiger partial charge in [-0.3, -0.25) is 28.6 Å². The van der Waals surface area contributed by atoms with Crippen molar-refractivity contribution in [3.63, 3.8) is 0 Å². The van der Waals surface area contributed by atoms with E-state index in [1.807, 2.05) is 13.8 Å². The van der Waals surface area contributed by atoms with Crippen LogP contribution in [0.15, 0.2) is 21.8 Å². The van der Waals surface area contributed by atoms with Gasteiger partial charge in [0.2, 0.25) is 5.91 Å². The molecule has 2 rings (SSSR count). The van der Waals surface area contributed by atoms with Gasteiger partial charge in [-0.25, -0.2) is 9.61 Å². The molecular formula is C21H31N7O6. The number of likely N-dealkylation sites (N-methyl/N-ethyl adjacent to an activating group) is 1. The number of rotatable bonds is 13. The van der Waals surface area contributed by atoms with Gasteiger partial charge in [-0.15, -0.1) is 0 Å². The molecule has 0 saturated heterocycles. The average Bonchev–Trinajstić information content (AvgIpc) is 3.18. The smallest absolute Gasteiger partial charge is 0.305 e. The second kappa shape index (κ2) is 12.0. The molecule has 0 aliphatic carbocycles. The van der Waals surface area contributed by atoms with Gasteiger partial charge in [0.15, 0.2) is 11.6 Å². The zero-order valence-corrected chi connectivity index (χ0v) is 19.9. The highest BCUT2D eigenvalue weighted by Gasteiger charge is 2.29. The minimum absolute atomic E-state index is 0.00660. The number of hydrogen-bond donors (Lipinski definition) is 3. The van der Waals surface area contributed by atoms with Crippen LogP contribution < -0.4 is 16.2 Å². The number of carboxylic acid groups (broad SMARTS) is 1. The first kappa shape index (κ1) is 26.6. The van der Waals surface area contributed by atoms with Gasteiger partial charge in [0.05, 0.1) is 25.6 Å². The third-order valence-electron chi connectivity index (χ3n) is 5.43. The van der Waals surface area contributed by atoms with Gasteiger partial charge in [0.25, 0.3) is 5.56 Å². The van der Waals surface area contributed by atoms with E-state index in [0.717, 1.165) is 0 Å². The monoisotopic (exact) mass is 477 g/mol.